The van der Waals surface area contributed by atoms with Crippen LogP contribution in [0.5, 0.6) is 0 Å². The molecular weight excluding hydrogens is 348 g/mol. The summed E-state index contributed by atoms with van der Waals surface area (Å²) >= 11 is 1.27. The summed E-state index contributed by atoms with van der Waals surface area (Å²) in [6.07, 6.45) is 3.12. The van der Waals surface area contributed by atoms with Crippen molar-refractivity contribution in [3.05, 3.63) is 42.1 Å². The minimum Gasteiger partial charge on any atom is -0.263 e. The summed E-state index contributed by atoms with van der Waals surface area (Å²) in [5.41, 5.74) is 0. The molecule has 0 fully saturated rings. The van der Waals surface area contributed by atoms with Gasteiger partial charge in [-0.2, -0.15) is 9.50 Å². The summed E-state index contributed by atoms with van der Waals surface area (Å²) in [5.74, 6) is -2.10. The Balaban J connectivity index is 2.03. The van der Waals surface area contributed by atoms with Gasteiger partial charge in [0.2, 0.25) is 5.16 Å². The minimum atomic E-state index is -4.12. The fourth-order valence-electron chi connectivity index (χ4n) is 1.78. The van der Waals surface area contributed by atoms with Crippen molar-refractivity contribution in [1.29, 1.82) is 0 Å². The Hall–Kier alpha value is -2.27. The maximum absolute atomic E-state index is 13.2. The average molecular weight is 357 g/mol. The predicted octanol–water partition coefficient (Wildman–Crippen LogP) is 1.93. The second-order valence-electron chi connectivity index (χ2n) is 4.32. The van der Waals surface area contributed by atoms with Crippen LogP contribution in [-0.2, 0) is 10.0 Å². The highest BCUT2D eigenvalue weighted by Gasteiger charge is 2.19. The van der Waals surface area contributed by atoms with E-state index in [-0.39, 0.29) is 11.6 Å². The van der Waals surface area contributed by atoms with Crippen molar-refractivity contribution in [2.24, 2.45) is 0 Å². The van der Waals surface area contributed by atoms with Gasteiger partial charge in [0.1, 0.15) is 5.82 Å². The van der Waals surface area contributed by atoms with Crippen LogP contribution in [0.3, 0.4) is 0 Å². The number of rotatable bonds is 4. The van der Waals surface area contributed by atoms with Crippen LogP contribution in [0.4, 0.5) is 14.6 Å². The molecule has 0 aliphatic heterocycles. The first-order chi connectivity index (χ1) is 10.9. The lowest BCUT2D eigenvalue weighted by Crippen LogP contribution is -2.16. The zero-order valence-corrected chi connectivity index (χ0v) is 13.2. The molecule has 23 heavy (non-hydrogen) atoms. The molecule has 1 aromatic carbocycles. The Morgan fingerprint density at radius 1 is 1.22 bits per heavy atom. The van der Waals surface area contributed by atoms with Crippen LogP contribution in [-0.4, -0.2) is 34.3 Å². The van der Waals surface area contributed by atoms with Crippen molar-refractivity contribution in [2.75, 3.05) is 11.0 Å². The molecule has 1 N–H and O–H groups in total. The van der Waals surface area contributed by atoms with Crippen molar-refractivity contribution in [3.8, 4) is 0 Å². The molecule has 0 atom stereocenters. The summed E-state index contributed by atoms with van der Waals surface area (Å²) in [4.78, 5) is 7.64. The van der Waals surface area contributed by atoms with E-state index in [1.54, 1.807) is 6.26 Å². The standard InChI is InChI=1S/C12H9F2N5O2S2/c1-22-12-16-11-15-5-4-10(19(11)17-12)18-23(20,21)7-2-3-8(13)9(14)6-7/h2-6,18H,1H3. The largest absolute Gasteiger partial charge is 0.263 e. The first-order valence-electron chi connectivity index (χ1n) is 6.14. The highest BCUT2D eigenvalue weighted by Crippen LogP contribution is 2.19. The lowest BCUT2D eigenvalue weighted by molar-refractivity contribution is 0.504. The number of fused-ring (bicyclic) bond motifs is 1. The van der Waals surface area contributed by atoms with Gasteiger partial charge in [0.15, 0.2) is 11.6 Å². The maximum Gasteiger partial charge on any atom is 0.263 e. The zero-order chi connectivity index (χ0) is 16.6. The van der Waals surface area contributed by atoms with Crippen LogP contribution < -0.4 is 4.72 Å². The lowest BCUT2D eigenvalue weighted by atomic mass is 10.3. The van der Waals surface area contributed by atoms with Crippen LogP contribution in [0.1, 0.15) is 0 Å². The van der Waals surface area contributed by atoms with Gasteiger partial charge < -0.3 is 0 Å². The van der Waals surface area contributed by atoms with E-state index in [9.17, 15) is 17.2 Å². The Morgan fingerprint density at radius 3 is 2.70 bits per heavy atom. The van der Waals surface area contributed by atoms with Gasteiger partial charge in [0, 0.05) is 12.3 Å². The number of hydrogen-bond donors (Lipinski definition) is 1. The third-order valence-corrected chi connectivity index (χ3v) is 4.73. The Kier molecular flexibility index (Phi) is 3.90. The van der Waals surface area contributed by atoms with Gasteiger partial charge in [0.25, 0.3) is 15.8 Å². The van der Waals surface area contributed by atoms with E-state index in [1.165, 1.54) is 28.5 Å². The molecule has 0 radical (unpaired) electrons. The highest BCUT2D eigenvalue weighted by molar-refractivity contribution is 7.98. The summed E-state index contributed by atoms with van der Waals surface area (Å²) < 4.78 is 54.2. The van der Waals surface area contributed by atoms with E-state index in [1.807, 2.05) is 0 Å². The van der Waals surface area contributed by atoms with Crippen LogP contribution in [0, 0.1) is 11.6 Å². The number of nitrogens with one attached hydrogen (secondary N) is 1. The fraction of sp³-hybridized carbons (Fsp3) is 0.0833. The van der Waals surface area contributed by atoms with E-state index in [2.05, 4.69) is 19.8 Å². The third-order valence-electron chi connectivity index (χ3n) is 2.84. The first-order valence-corrected chi connectivity index (χ1v) is 8.85. The Bertz CT molecular complexity index is 990. The Labute approximate surface area is 133 Å². The topological polar surface area (TPSA) is 89.2 Å². The summed E-state index contributed by atoms with van der Waals surface area (Å²) in [5, 5.41) is 4.50. The van der Waals surface area contributed by atoms with E-state index < -0.39 is 26.6 Å². The van der Waals surface area contributed by atoms with Gasteiger partial charge in [0.05, 0.1) is 4.90 Å². The van der Waals surface area contributed by atoms with Gasteiger partial charge in [-0.15, -0.1) is 5.10 Å². The molecule has 120 valence electrons. The number of hydrogen-bond acceptors (Lipinski definition) is 6. The van der Waals surface area contributed by atoms with E-state index in [4.69, 9.17) is 0 Å². The predicted molar refractivity (Wildman–Crippen MR) is 79.7 cm³/mol. The molecule has 3 rings (SSSR count). The number of thioether (sulfide) groups is 1. The number of halogens is 2. The molecular formula is C12H9F2N5O2S2. The molecule has 0 unspecified atom stereocenters. The van der Waals surface area contributed by atoms with Gasteiger partial charge in [-0.25, -0.2) is 22.2 Å². The molecule has 7 nitrogen and oxygen atoms in total. The second kappa shape index (κ2) is 5.74. The highest BCUT2D eigenvalue weighted by atomic mass is 32.2. The monoisotopic (exact) mass is 357 g/mol. The molecule has 3 aromatic rings. The molecule has 0 aliphatic rings. The minimum absolute atomic E-state index is 0.0764. The number of aromatic nitrogens is 4. The van der Waals surface area contributed by atoms with Crippen molar-refractivity contribution in [2.45, 2.75) is 10.1 Å². The molecule has 0 spiro atoms. The number of anilines is 1. The van der Waals surface area contributed by atoms with Gasteiger partial charge in [-0.1, -0.05) is 11.8 Å². The van der Waals surface area contributed by atoms with Crippen LogP contribution in [0.25, 0.3) is 5.78 Å². The van der Waals surface area contributed by atoms with Crippen LogP contribution >= 0.6 is 11.8 Å². The van der Waals surface area contributed by atoms with E-state index >= 15 is 0 Å². The average Bonchev–Trinajstić information content (AvgIpc) is 2.94. The first kappa shape index (κ1) is 15.6. The number of benzene rings is 1. The normalized spacial score (nSPS) is 11.8. The van der Waals surface area contributed by atoms with E-state index in [0.717, 1.165) is 12.1 Å². The van der Waals surface area contributed by atoms with Gasteiger partial charge in [-0.3, -0.25) is 4.72 Å². The molecule has 0 saturated carbocycles. The second-order valence-corrected chi connectivity index (χ2v) is 6.78. The molecule has 0 saturated heterocycles. The molecule has 2 heterocycles. The molecule has 0 amide bonds. The molecule has 0 aliphatic carbocycles. The van der Waals surface area contributed by atoms with Gasteiger partial charge in [-0.05, 0) is 24.5 Å². The van der Waals surface area contributed by atoms with Crippen LogP contribution in [0.15, 0.2) is 40.5 Å². The third kappa shape index (κ3) is 2.97. The number of nitrogens with zero attached hydrogens (tertiary/aromatic N) is 4. The van der Waals surface area contributed by atoms with Crippen molar-refractivity contribution in [1.82, 2.24) is 19.6 Å². The van der Waals surface area contributed by atoms with Crippen molar-refractivity contribution < 1.29 is 17.2 Å². The SMILES string of the molecule is CSc1nc2nccc(NS(=O)(=O)c3ccc(F)c(F)c3)n2n1. The van der Waals surface area contributed by atoms with E-state index in [0.29, 0.717) is 11.2 Å². The molecule has 0 bridgehead atoms. The van der Waals surface area contributed by atoms with Crippen LogP contribution in [0.2, 0.25) is 0 Å². The quantitative estimate of drug-likeness (QED) is 0.718. The van der Waals surface area contributed by atoms with Gasteiger partial charge >= 0.3 is 0 Å². The molecule has 11 heteroatoms. The summed E-state index contributed by atoms with van der Waals surface area (Å²) in [6, 6.07) is 3.69. The zero-order valence-electron chi connectivity index (χ0n) is 11.6. The molecule has 2 aromatic heterocycles. The Morgan fingerprint density at radius 2 is 2.00 bits per heavy atom. The smallest absolute Gasteiger partial charge is 0.263 e. The maximum atomic E-state index is 13.2. The lowest BCUT2D eigenvalue weighted by Gasteiger charge is -2.09. The summed E-state index contributed by atoms with van der Waals surface area (Å²) in [7, 11) is -4.12. The number of sulfonamides is 1. The van der Waals surface area contributed by atoms with Crippen molar-refractivity contribution in [3.63, 3.8) is 0 Å². The van der Waals surface area contributed by atoms with Crippen molar-refractivity contribution >= 4 is 33.4 Å². The fourth-order valence-corrected chi connectivity index (χ4v) is 3.17. The summed E-state index contributed by atoms with van der Waals surface area (Å²) in [6.45, 7) is 0.